The third kappa shape index (κ3) is 2.29. The smallest absolute Gasteiger partial charge is 0.0349 e. The standard InChI is InChI=1S/C16H18N2/c1-2-5-13(6-3-1)16-12-18-10-8-15(16)14-7-4-9-17-11-14/h1-3,5-6,8,10,12,14,17H,4,7,9,11H2. The Morgan fingerprint density at radius 1 is 1.11 bits per heavy atom. The van der Waals surface area contributed by atoms with E-state index in [2.05, 4.69) is 46.7 Å². The third-order valence-corrected chi connectivity index (χ3v) is 3.68. The number of rotatable bonds is 2. The van der Waals surface area contributed by atoms with E-state index in [0.29, 0.717) is 5.92 Å². The Kier molecular flexibility index (Phi) is 3.37. The summed E-state index contributed by atoms with van der Waals surface area (Å²) >= 11 is 0. The van der Waals surface area contributed by atoms with E-state index in [1.807, 2.05) is 12.4 Å². The van der Waals surface area contributed by atoms with E-state index < -0.39 is 0 Å². The molecule has 0 amide bonds. The van der Waals surface area contributed by atoms with Gasteiger partial charge in [0.05, 0.1) is 0 Å². The highest BCUT2D eigenvalue weighted by Crippen LogP contribution is 2.31. The molecule has 2 aromatic rings. The molecule has 1 N–H and O–H groups in total. The van der Waals surface area contributed by atoms with Crippen molar-refractivity contribution in [2.24, 2.45) is 0 Å². The minimum absolute atomic E-state index is 0.622. The van der Waals surface area contributed by atoms with Crippen LogP contribution in [0.1, 0.15) is 24.3 Å². The topological polar surface area (TPSA) is 24.9 Å². The summed E-state index contributed by atoms with van der Waals surface area (Å²) in [6.07, 6.45) is 6.45. The second-order valence-corrected chi connectivity index (χ2v) is 4.87. The Labute approximate surface area is 108 Å². The van der Waals surface area contributed by atoms with E-state index in [0.717, 1.165) is 13.1 Å². The Hall–Kier alpha value is -1.67. The van der Waals surface area contributed by atoms with Gasteiger partial charge in [0.1, 0.15) is 0 Å². The van der Waals surface area contributed by atoms with E-state index in [-0.39, 0.29) is 0 Å². The average Bonchev–Trinajstić information content (AvgIpc) is 2.49. The van der Waals surface area contributed by atoms with Crippen molar-refractivity contribution in [2.75, 3.05) is 13.1 Å². The van der Waals surface area contributed by atoms with E-state index in [1.165, 1.54) is 29.5 Å². The fourth-order valence-electron chi connectivity index (χ4n) is 2.74. The van der Waals surface area contributed by atoms with Crippen LogP contribution >= 0.6 is 0 Å². The number of nitrogens with zero attached hydrogens (tertiary/aromatic N) is 1. The van der Waals surface area contributed by atoms with Gasteiger partial charge in [0.25, 0.3) is 0 Å². The Bertz CT molecular complexity index is 502. The van der Waals surface area contributed by atoms with Gasteiger partial charge in [-0.3, -0.25) is 4.98 Å². The van der Waals surface area contributed by atoms with Gasteiger partial charge in [-0.15, -0.1) is 0 Å². The van der Waals surface area contributed by atoms with Gasteiger partial charge in [-0.2, -0.15) is 0 Å². The molecule has 0 aliphatic carbocycles. The number of hydrogen-bond acceptors (Lipinski definition) is 2. The monoisotopic (exact) mass is 238 g/mol. The number of piperidine rings is 1. The number of hydrogen-bond donors (Lipinski definition) is 1. The van der Waals surface area contributed by atoms with Gasteiger partial charge in [0, 0.05) is 24.5 Å². The minimum atomic E-state index is 0.622. The largest absolute Gasteiger partial charge is 0.316 e. The van der Waals surface area contributed by atoms with Crippen molar-refractivity contribution in [2.45, 2.75) is 18.8 Å². The molecule has 0 saturated carbocycles. The first kappa shape index (κ1) is 11.4. The zero-order valence-electron chi connectivity index (χ0n) is 10.5. The lowest BCUT2D eigenvalue weighted by molar-refractivity contribution is 0.462. The van der Waals surface area contributed by atoms with Crippen molar-refractivity contribution in [1.29, 1.82) is 0 Å². The highest BCUT2D eigenvalue weighted by molar-refractivity contribution is 5.67. The van der Waals surface area contributed by atoms with Gasteiger partial charge >= 0.3 is 0 Å². The first-order valence-corrected chi connectivity index (χ1v) is 6.65. The molecule has 1 atom stereocenters. The van der Waals surface area contributed by atoms with Gasteiger partial charge < -0.3 is 5.32 Å². The molecule has 0 radical (unpaired) electrons. The first-order valence-electron chi connectivity index (χ1n) is 6.65. The van der Waals surface area contributed by atoms with E-state index in [4.69, 9.17) is 0 Å². The molecule has 1 aromatic heterocycles. The van der Waals surface area contributed by atoms with Crippen molar-refractivity contribution in [3.63, 3.8) is 0 Å². The summed E-state index contributed by atoms with van der Waals surface area (Å²) in [6, 6.07) is 12.7. The van der Waals surface area contributed by atoms with Crippen LogP contribution in [0, 0.1) is 0 Å². The predicted molar refractivity (Wildman–Crippen MR) is 74.5 cm³/mol. The number of nitrogens with one attached hydrogen (secondary N) is 1. The molecule has 3 rings (SSSR count). The lowest BCUT2D eigenvalue weighted by atomic mass is 9.87. The van der Waals surface area contributed by atoms with Crippen LogP contribution in [0.4, 0.5) is 0 Å². The van der Waals surface area contributed by atoms with Crippen LogP contribution in [-0.2, 0) is 0 Å². The molecule has 2 nitrogen and oxygen atoms in total. The number of pyridine rings is 1. The molecule has 1 fully saturated rings. The molecule has 1 aliphatic heterocycles. The van der Waals surface area contributed by atoms with E-state index >= 15 is 0 Å². The molecular formula is C16H18N2. The maximum absolute atomic E-state index is 4.30. The SMILES string of the molecule is c1ccc(-c2cnccc2C2CCCNC2)cc1. The van der Waals surface area contributed by atoms with Crippen molar-refractivity contribution in [3.8, 4) is 11.1 Å². The van der Waals surface area contributed by atoms with Crippen molar-refractivity contribution in [1.82, 2.24) is 10.3 Å². The summed E-state index contributed by atoms with van der Waals surface area (Å²) in [5.41, 5.74) is 3.99. The van der Waals surface area contributed by atoms with E-state index in [1.54, 1.807) is 0 Å². The highest BCUT2D eigenvalue weighted by Gasteiger charge is 2.18. The normalized spacial score (nSPS) is 19.7. The molecule has 1 saturated heterocycles. The third-order valence-electron chi connectivity index (χ3n) is 3.68. The van der Waals surface area contributed by atoms with Crippen LogP contribution < -0.4 is 5.32 Å². The summed E-state index contributed by atoms with van der Waals surface area (Å²) < 4.78 is 0. The molecule has 92 valence electrons. The summed E-state index contributed by atoms with van der Waals surface area (Å²) in [5.74, 6) is 0.622. The Morgan fingerprint density at radius 2 is 2.00 bits per heavy atom. The van der Waals surface area contributed by atoms with Crippen molar-refractivity contribution < 1.29 is 0 Å². The summed E-state index contributed by atoms with van der Waals surface area (Å²) in [4.78, 5) is 4.30. The summed E-state index contributed by atoms with van der Waals surface area (Å²) in [6.45, 7) is 2.24. The quantitative estimate of drug-likeness (QED) is 0.869. The number of aromatic nitrogens is 1. The zero-order chi connectivity index (χ0) is 12.2. The summed E-state index contributed by atoms with van der Waals surface area (Å²) in [5, 5.41) is 3.49. The van der Waals surface area contributed by atoms with Crippen LogP contribution in [-0.4, -0.2) is 18.1 Å². The second kappa shape index (κ2) is 5.32. The van der Waals surface area contributed by atoms with Crippen LogP contribution in [0.3, 0.4) is 0 Å². The molecule has 1 aromatic carbocycles. The van der Waals surface area contributed by atoms with Gasteiger partial charge in [-0.25, -0.2) is 0 Å². The maximum atomic E-state index is 4.30. The molecule has 0 spiro atoms. The lowest BCUT2D eigenvalue weighted by Crippen LogP contribution is -2.28. The van der Waals surface area contributed by atoms with Crippen LogP contribution in [0.15, 0.2) is 48.8 Å². The van der Waals surface area contributed by atoms with Crippen molar-refractivity contribution in [3.05, 3.63) is 54.4 Å². The number of benzene rings is 1. The fourth-order valence-corrected chi connectivity index (χ4v) is 2.74. The molecule has 1 aliphatic rings. The molecule has 0 bridgehead atoms. The Morgan fingerprint density at radius 3 is 2.78 bits per heavy atom. The van der Waals surface area contributed by atoms with Gasteiger partial charge in [-0.1, -0.05) is 30.3 Å². The Balaban J connectivity index is 1.99. The molecule has 2 heteroatoms. The van der Waals surface area contributed by atoms with Gasteiger partial charge in [0.15, 0.2) is 0 Å². The average molecular weight is 238 g/mol. The van der Waals surface area contributed by atoms with Crippen LogP contribution in [0.5, 0.6) is 0 Å². The fraction of sp³-hybridized carbons (Fsp3) is 0.312. The second-order valence-electron chi connectivity index (χ2n) is 4.87. The molecule has 2 heterocycles. The first-order chi connectivity index (χ1) is 8.95. The molecule has 1 unspecified atom stereocenters. The van der Waals surface area contributed by atoms with Crippen LogP contribution in [0.2, 0.25) is 0 Å². The summed E-state index contributed by atoms with van der Waals surface area (Å²) in [7, 11) is 0. The van der Waals surface area contributed by atoms with Gasteiger partial charge in [-0.05, 0) is 42.5 Å². The minimum Gasteiger partial charge on any atom is -0.316 e. The molecular weight excluding hydrogens is 220 g/mol. The zero-order valence-corrected chi connectivity index (χ0v) is 10.5. The molecule has 18 heavy (non-hydrogen) atoms. The lowest BCUT2D eigenvalue weighted by Gasteiger charge is -2.25. The van der Waals surface area contributed by atoms with Gasteiger partial charge in [0.2, 0.25) is 0 Å². The highest BCUT2D eigenvalue weighted by atomic mass is 14.9. The van der Waals surface area contributed by atoms with Crippen molar-refractivity contribution >= 4 is 0 Å². The maximum Gasteiger partial charge on any atom is 0.0349 e. The van der Waals surface area contributed by atoms with Crippen LogP contribution in [0.25, 0.3) is 11.1 Å². The van der Waals surface area contributed by atoms with E-state index in [9.17, 15) is 0 Å². The predicted octanol–water partition coefficient (Wildman–Crippen LogP) is 3.22.